The smallest absolute Gasteiger partial charge is 0.392 e. The summed E-state index contributed by atoms with van der Waals surface area (Å²) < 4.78 is 33.0. The van der Waals surface area contributed by atoms with Gasteiger partial charge in [0.2, 0.25) is 10.4 Å². The molecule has 0 aliphatic heterocycles. The monoisotopic (exact) mass is 241 g/mol. The van der Waals surface area contributed by atoms with E-state index in [9.17, 15) is 4.79 Å². The molecule has 1 N–H and O–H groups in total. The zero-order valence-corrected chi connectivity index (χ0v) is 9.87. The Balaban J connectivity index is 0. The van der Waals surface area contributed by atoms with Gasteiger partial charge in [0.25, 0.3) is 0 Å². The lowest BCUT2D eigenvalue weighted by Gasteiger charge is -2.19. The van der Waals surface area contributed by atoms with Crippen molar-refractivity contribution >= 4 is 16.4 Å². The average Bonchev–Trinajstić information content (AvgIpc) is 1.78. The molecule has 0 unspecified atom stereocenters. The van der Waals surface area contributed by atoms with Crippen LogP contribution in [0.25, 0.3) is 0 Å². The van der Waals surface area contributed by atoms with Gasteiger partial charge in [0.05, 0.1) is 0 Å². The summed E-state index contributed by atoms with van der Waals surface area (Å²) >= 11 is 0. The normalized spacial score (nSPS) is 11.1. The minimum atomic E-state index is -4.92. The zero-order valence-electron chi connectivity index (χ0n) is 9.05. The summed E-state index contributed by atoms with van der Waals surface area (Å²) in [6.45, 7) is 5.08. The minimum Gasteiger partial charge on any atom is -0.726 e. The van der Waals surface area contributed by atoms with E-state index >= 15 is 0 Å². The molecule has 0 saturated heterocycles. The molecule has 90 valence electrons. The van der Waals surface area contributed by atoms with Crippen molar-refractivity contribution in [1.82, 2.24) is 0 Å². The lowest BCUT2D eigenvalue weighted by Crippen LogP contribution is -2.37. The van der Waals surface area contributed by atoms with Crippen LogP contribution in [0.3, 0.4) is 0 Å². The maximum absolute atomic E-state index is 10.8. The number of nitrogens with zero attached hydrogens (tertiary/aromatic N) is 1. The fourth-order valence-corrected chi connectivity index (χ4v) is 0.327. The molecule has 0 rings (SSSR count). The first-order chi connectivity index (χ1) is 6.33. The van der Waals surface area contributed by atoms with Gasteiger partial charge in [0, 0.05) is 5.57 Å². The summed E-state index contributed by atoms with van der Waals surface area (Å²) in [6.07, 6.45) is 0. The van der Waals surface area contributed by atoms with Crippen molar-refractivity contribution in [3.05, 3.63) is 12.2 Å². The Morgan fingerprint density at radius 1 is 1.40 bits per heavy atom. The van der Waals surface area contributed by atoms with E-state index in [1.54, 1.807) is 28.1 Å². The van der Waals surface area contributed by atoms with Crippen LogP contribution in [0.4, 0.5) is 0 Å². The molecule has 0 amide bonds. The fraction of sp³-hybridized carbons (Fsp3) is 0.571. The first kappa shape index (κ1) is 16.5. The van der Waals surface area contributed by atoms with Gasteiger partial charge in [-0.15, -0.1) is 4.65 Å². The third-order valence-electron chi connectivity index (χ3n) is 0.705. The van der Waals surface area contributed by atoms with E-state index in [0.717, 1.165) is 0 Å². The summed E-state index contributed by atoms with van der Waals surface area (Å²) in [5.41, 5.74) is 0.424. The van der Waals surface area contributed by atoms with Gasteiger partial charge in [-0.3, -0.25) is 9.39 Å². The molecular weight excluding hydrogens is 226 g/mol. The summed E-state index contributed by atoms with van der Waals surface area (Å²) in [5.74, 6) is -0.354. The molecule has 0 aliphatic rings. The lowest BCUT2D eigenvalue weighted by molar-refractivity contribution is -1.04. The highest BCUT2D eigenvalue weighted by molar-refractivity contribution is 7.79. The second-order valence-electron chi connectivity index (χ2n) is 3.48. The number of hydrogen-bond donors (Lipinski definition) is 1. The maximum atomic E-state index is 10.8. The summed E-state index contributed by atoms with van der Waals surface area (Å²) in [5, 5.41) is 0. The van der Waals surface area contributed by atoms with Gasteiger partial charge >= 0.3 is 5.97 Å². The van der Waals surface area contributed by atoms with Crippen LogP contribution in [0.2, 0.25) is 0 Å². The van der Waals surface area contributed by atoms with Crippen LogP contribution in [0.15, 0.2) is 12.2 Å². The van der Waals surface area contributed by atoms with E-state index < -0.39 is 10.4 Å². The number of carbonyl (C=O) groups excluding carboxylic acids is 1. The molecule has 15 heavy (non-hydrogen) atoms. The number of quaternary nitrogens is 1. The molecular formula is C7H15NO6S. The van der Waals surface area contributed by atoms with Gasteiger partial charge in [0.1, 0.15) is 21.1 Å². The molecule has 0 aliphatic carbocycles. The van der Waals surface area contributed by atoms with E-state index in [1.807, 2.05) is 0 Å². The Labute approximate surface area is 89.1 Å². The largest absolute Gasteiger partial charge is 0.726 e. The van der Waals surface area contributed by atoms with Crippen LogP contribution >= 0.6 is 0 Å². The molecule has 0 aromatic carbocycles. The third kappa shape index (κ3) is 24.6. The number of hydroxylamine groups is 3. The Morgan fingerprint density at radius 2 is 1.67 bits per heavy atom. The molecule has 0 heterocycles. The quantitative estimate of drug-likeness (QED) is 0.235. The Kier molecular flexibility index (Phi) is 6.38. The van der Waals surface area contributed by atoms with Gasteiger partial charge in [-0.1, -0.05) is 6.58 Å². The maximum Gasteiger partial charge on any atom is 0.392 e. The molecule has 0 fully saturated rings. The van der Waals surface area contributed by atoms with Crippen LogP contribution in [-0.4, -0.2) is 49.3 Å². The van der Waals surface area contributed by atoms with Crippen molar-refractivity contribution in [1.29, 1.82) is 0 Å². The van der Waals surface area contributed by atoms with E-state index in [1.165, 1.54) is 0 Å². The molecule has 0 aromatic rings. The zero-order chi connectivity index (χ0) is 12.9. The van der Waals surface area contributed by atoms with Crippen molar-refractivity contribution in [2.24, 2.45) is 0 Å². The van der Waals surface area contributed by atoms with E-state index in [-0.39, 0.29) is 10.6 Å². The molecule has 0 atom stereocenters. The number of carbonyl (C=O) groups is 1. The van der Waals surface area contributed by atoms with E-state index in [4.69, 9.17) is 22.4 Å². The molecule has 0 saturated carbocycles. The first-order valence-corrected chi connectivity index (χ1v) is 5.08. The topological polar surface area (TPSA) is 104 Å². The van der Waals surface area contributed by atoms with Crippen molar-refractivity contribution in [2.45, 2.75) is 6.92 Å². The highest BCUT2D eigenvalue weighted by atomic mass is 32.3. The van der Waals surface area contributed by atoms with Gasteiger partial charge in [-0.25, -0.2) is 13.2 Å². The molecule has 0 spiro atoms. The summed E-state index contributed by atoms with van der Waals surface area (Å²) in [4.78, 5) is 15.7. The molecule has 7 nitrogen and oxygen atoms in total. The van der Waals surface area contributed by atoms with Gasteiger partial charge in [0.15, 0.2) is 0 Å². The summed E-state index contributed by atoms with van der Waals surface area (Å²) in [7, 11) is 0.378. The Morgan fingerprint density at radius 3 is 1.73 bits per heavy atom. The first-order valence-electron chi connectivity index (χ1n) is 3.72. The van der Waals surface area contributed by atoms with Crippen molar-refractivity contribution in [3.63, 3.8) is 0 Å². The predicted molar refractivity (Wildman–Crippen MR) is 51.3 cm³/mol. The van der Waals surface area contributed by atoms with E-state index in [2.05, 4.69) is 6.58 Å². The highest BCUT2D eigenvalue weighted by Crippen LogP contribution is 1.98. The second-order valence-corrected chi connectivity index (χ2v) is 4.33. The lowest BCUT2D eigenvalue weighted by atomic mass is 10.4. The van der Waals surface area contributed by atoms with Crippen LogP contribution in [0.5, 0.6) is 0 Å². The SMILES string of the molecule is C=C(C)C(=O)O[N+](C)(C)C.O=S(=O)([O-])O. The number of hydrogen-bond acceptors (Lipinski definition) is 5. The average molecular weight is 241 g/mol. The molecule has 8 heteroatoms. The van der Waals surface area contributed by atoms with Crippen LogP contribution < -0.4 is 0 Å². The predicted octanol–water partition coefficient (Wildman–Crippen LogP) is -0.268. The minimum absolute atomic E-state index is 0.172. The highest BCUT2D eigenvalue weighted by Gasteiger charge is 2.15. The van der Waals surface area contributed by atoms with Crippen molar-refractivity contribution in [3.8, 4) is 0 Å². The van der Waals surface area contributed by atoms with Crippen LogP contribution in [-0.2, 0) is 20.0 Å². The van der Waals surface area contributed by atoms with E-state index in [0.29, 0.717) is 5.57 Å². The van der Waals surface area contributed by atoms with Gasteiger partial charge in [-0.05, 0) is 6.92 Å². The molecule has 0 radical (unpaired) electrons. The molecule has 0 bridgehead atoms. The van der Waals surface area contributed by atoms with Crippen molar-refractivity contribution in [2.75, 3.05) is 21.1 Å². The van der Waals surface area contributed by atoms with Crippen LogP contribution in [0.1, 0.15) is 6.92 Å². The summed E-state index contributed by atoms with van der Waals surface area (Å²) in [6, 6.07) is 0. The second kappa shape index (κ2) is 5.81. The van der Waals surface area contributed by atoms with Crippen LogP contribution in [0, 0.1) is 0 Å². The standard InChI is InChI=1S/C7H14NO2.H2O4S/c1-6(2)7(9)10-8(3,4)5;1-5(2,3)4/h1H2,2-5H3;(H2,1,2,3,4)/q+1;/p-1. The van der Waals surface area contributed by atoms with Gasteiger partial charge in [-0.2, -0.15) is 0 Å². The Bertz CT molecular complexity index is 318. The van der Waals surface area contributed by atoms with Crippen molar-refractivity contribution < 1.29 is 31.8 Å². The molecule has 0 aromatic heterocycles. The fourth-order valence-electron chi connectivity index (χ4n) is 0.327. The third-order valence-corrected chi connectivity index (χ3v) is 0.705. The Hall–Kier alpha value is -0.960. The number of rotatable bonds is 2. The van der Waals surface area contributed by atoms with Gasteiger partial charge < -0.3 is 4.55 Å².